The minimum atomic E-state index is 0.777. The predicted molar refractivity (Wildman–Crippen MR) is 73.7 cm³/mol. The maximum Gasteiger partial charge on any atom is -0.0266 e. The van der Waals surface area contributed by atoms with Gasteiger partial charge in [-0.3, -0.25) is 0 Å². The van der Waals surface area contributed by atoms with Crippen molar-refractivity contribution >= 4 is 0 Å². The molecule has 16 heavy (non-hydrogen) atoms. The average Bonchev–Trinajstić information content (AvgIpc) is 2.84. The normalized spacial score (nSPS) is 30.4. The van der Waals surface area contributed by atoms with Gasteiger partial charge >= 0.3 is 0 Å². The summed E-state index contributed by atoms with van der Waals surface area (Å²) in [7, 11) is 0. The van der Waals surface area contributed by atoms with Gasteiger partial charge in [0.25, 0.3) is 0 Å². The first kappa shape index (κ1) is 14.1. The van der Waals surface area contributed by atoms with Crippen molar-refractivity contribution in [3.63, 3.8) is 0 Å². The third kappa shape index (κ3) is 4.11. The molecule has 0 saturated heterocycles. The fourth-order valence-electron chi connectivity index (χ4n) is 3.50. The van der Waals surface area contributed by atoms with E-state index in [4.69, 9.17) is 0 Å². The topological polar surface area (TPSA) is 0 Å². The van der Waals surface area contributed by atoms with Crippen LogP contribution < -0.4 is 0 Å². The highest BCUT2D eigenvalue weighted by atomic mass is 14.5. The van der Waals surface area contributed by atoms with Gasteiger partial charge in [-0.15, -0.1) is 0 Å². The number of rotatable bonds is 9. The van der Waals surface area contributed by atoms with Crippen molar-refractivity contribution in [1.82, 2.24) is 0 Å². The summed E-state index contributed by atoms with van der Waals surface area (Å²) in [6.07, 6.45) is 13.1. The molecule has 0 radical (unpaired) electrons. The van der Waals surface area contributed by atoms with Crippen molar-refractivity contribution in [1.29, 1.82) is 0 Å². The second-order valence-electron chi connectivity index (χ2n) is 6.38. The van der Waals surface area contributed by atoms with Crippen LogP contribution in [-0.2, 0) is 0 Å². The molecule has 0 aliphatic heterocycles. The minimum absolute atomic E-state index is 0.777. The van der Waals surface area contributed by atoms with Gasteiger partial charge in [0.1, 0.15) is 0 Å². The summed E-state index contributed by atoms with van der Waals surface area (Å²) in [5.41, 5.74) is 0.777. The molecular formula is C16H32. The van der Waals surface area contributed by atoms with Crippen LogP contribution in [-0.4, -0.2) is 0 Å². The zero-order valence-electron chi connectivity index (χ0n) is 12.0. The van der Waals surface area contributed by atoms with Crippen molar-refractivity contribution in [2.75, 3.05) is 0 Å². The minimum Gasteiger partial charge on any atom is -0.0654 e. The van der Waals surface area contributed by atoms with Gasteiger partial charge in [-0.2, -0.15) is 0 Å². The van der Waals surface area contributed by atoms with E-state index in [1.54, 1.807) is 0 Å². The van der Waals surface area contributed by atoms with Crippen molar-refractivity contribution in [2.45, 2.75) is 85.5 Å². The van der Waals surface area contributed by atoms with Crippen LogP contribution in [0.5, 0.6) is 0 Å². The molecule has 0 nitrogen and oxygen atoms in total. The molecule has 0 aromatic rings. The zero-order chi connectivity index (χ0) is 12.0. The SMILES string of the molecule is CCCCCCC(C)CC1(CCC)CC1C. The Morgan fingerprint density at radius 3 is 2.31 bits per heavy atom. The van der Waals surface area contributed by atoms with Crippen molar-refractivity contribution in [3.8, 4) is 0 Å². The lowest BCUT2D eigenvalue weighted by atomic mass is 9.85. The Balaban J connectivity index is 2.15. The second-order valence-corrected chi connectivity index (χ2v) is 6.38. The van der Waals surface area contributed by atoms with Gasteiger partial charge in [0.15, 0.2) is 0 Å². The van der Waals surface area contributed by atoms with Crippen LogP contribution in [0, 0.1) is 17.3 Å². The molecule has 0 aromatic heterocycles. The van der Waals surface area contributed by atoms with E-state index in [1.165, 1.54) is 57.8 Å². The fourth-order valence-corrected chi connectivity index (χ4v) is 3.50. The largest absolute Gasteiger partial charge is 0.0654 e. The molecule has 0 amide bonds. The quantitative estimate of drug-likeness (QED) is 0.434. The van der Waals surface area contributed by atoms with E-state index in [2.05, 4.69) is 27.7 Å². The number of hydrogen-bond donors (Lipinski definition) is 0. The average molecular weight is 224 g/mol. The first-order chi connectivity index (χ1) is 7.64. The van der Waals surface area contributed by atoms with E-state index >= 15 is 0 Å². The van der Waals surface area contributed by atoms with Crippen LogP contribution in [0.25, 0.3) is 0 Å². The van der Waals surface area contributed by atoms with Gasteiger partial charge in [-0.05, 0) is 36.5 Å². The summed E-state index contributed by atoms with van der Waals surface area (Å²) in [4.78, 5) is 0. The molecule has 3 atom stereocenters. The first-order valence-electron chi connectivity index (χ1n) is 7.64. The maximum absolute atomic E-state index is 2.48. The van der Waals surface area contributed by atoms with Gasteiger partial charge < -0.3 is 0 Å². The van der Waals surface area contributed by atoms with Crippen molar-refractivity contribution in [2.24, 2.45) is 17.3 Å². The van der Waals surface area contributed by atoms with Gasteiger partial charge in [-0.1, -0.05) is 66.2 Å². The fraction of sp³-hybridized carbons (Fsp3) is 1.00. The molecule has 1 saturated carbocycles. The Hall–Kier alpha value is 0. The number of unbranched alkanes of at least 4 members (excludes halogenated alkanes) is 3. The molecule has 96 valence electrons. The molecule has 0 heteroatoms. The molecule has 0 aromatic carbocycles. The summed E-state index contributed by atoms with van der Waals surface area (Å²) in [5.74, 6) is 1.99. The Kier molecular flexibility index (Phi) is 5.86. The molecule has 1 rings (SSSR count). The Morgan fingerprint density at radius 2 is 1.81 bits per heavy atom. The van der Waals surface area contributed by atoms with Gasteiger partial charge in [0.05, 0.1) is 0 Å². The third-order valence-electron chi connectivity index (χ3n) is 4.65. The molecule has 3 unspecified atom stereocenters. The van der Waals surface area contributed by atoms with E-state index < -0.39 is 0 Å². The van der Waals surface area contributed by atoms with Gasteiger partial charge in [-0.25, -0.2) is 0 Å². The summed E-state index contributed by atoms with van der Waals surface area (Å²) >= 11 is 0. The van der Waals surface area contributed by atoms with E-state index in [9.17, 15) is 0 Å². The van der Waals surface area contributed by atoms with Crippen molar-refractivity contribution in [3.05, 3.63) is 0 Å². The lowest BCUT2D eigenvalue weighted by molar-refractivity contribution is 0.306. The first-order valence-corrected chi connectivity index (χ1v) is 7.64. The maximum atomic E-state index is 2.48. The molecule has 1 aliphatic rings. The standard InChI is InChI=1S/C16H32/c1-5-7-8-9-10-14(3)12-16(11-6-2)13-15(16)4/h14-15H,5-13H2,1-4H3. The van der Waals surface area contributed by atoms with E-state index in [1.807, 2.05) is 0 Å². The third-order valence-corrected chi connectivity index (χ3v) is 4.65. The lowest BCUT2D eigenvalue weighted by Gasteiger charge is -2.20. The number of hydrogen-bond acceptors (Lipinski definition) is 0. The molecule has 0 heterocycles. The van der Waals surface area contributed by atoms with Gasteiger partial charge in [0, 0.05) is 0 Å². The summed E-state index contributed by atoms with van der Waals surface area (Å²) in [6, 6.07) is 0. The van der Waals surface area contributed by atoms with Crippen LogP contribution in [0.15, 0.2) is 0 Å². The predicted octanol–water partition coefficient (Wildman–Crippen LogP) is 5.81. The molecule has 0 N–H and O–H groups in total. The highest BCUT2D eigenvalue weighted by molar-refractivity contribution is 4.99. The van der Waals surface area contributed by atoms with E-state index in [-0.39, 0.29) is 0 Å². The van der Waals surface area contributed by atoms with Crippen LogP contribution in [0.3, 0.4) is 0 Å². The highest BCUT2D eigenvalue weighted by Crippen LogP contribution is 2.59. The monoisotopic (exact) mass is 224 g/mol. The second kappa shape index (κ2) is 6.67. The summed E-state index contributed by atoms with van der Waals surface area (Å²) < 4.78 is 0. The molecule has 1 fully saturated rings. The van der Waals surface area contributed by atoms with E-state index in [0.717, 1.165) is 17.3 Å². The molecular weight excluding hydrogens is 192 g/mol. The molecule has 0 bridgehead atoms. The van der Waals surface area contributed by atoms with Crippen LogP contribution in [0.4, 0.5) is 0 Å². The van der Waals surface area contributed by atoms with Gasteiger partial charge in [0.2, 0.25) is 0 Å². The van der Waals surface area contributed by atoms with Crippen LogP contribution >= 0.6 is 0 Å². The van der Waals surface area contributed by atoms with Crippen LogP contribution in [0.1, 0.15) is 85.5 Å². The highest BCUT2D eigenvalue weighted by Gasteiger charge is 2.49. The zero-order valence-corrected chi connectivity index (χ0v) is 12.0. The summed E-state index contributed by atoms with van der Waals surface area (Å²) in [5, 5.41) is 0. The Bertz CT molecular complexity index is 184. The molecule has 1 aliphatic carbocycles. The Labute approximate surface area is 103 Å². The molecule has 0 spiro atoms. The lowest BCUT2D eigenvalue weighted by Crippen LogP contribution is -2.09. The van der Waals surface area contributed by atoms with E-state index in [0.29, 0.717) is 0 Å². The van der Waals surface area contributed by atoms with Crippen LogP contribution in [0.2, 0.25) is 0 Å². The summed E-state index contributed by atoms with van der Waals surface area (Å²) in [6.45, 7) is 9.58. The Morgan fingerprint density at radius 1 is 1.12 bits per heavy atom. The smallest absolute Gasteiger partial charge is 0.0266 e. The van der Waals surface area contributed by atoms with Crippen molar-refractivity contribution < 1.29 is 0 Å².